The van der Waals surface area contributed by atoms with Gasteiger partial charge >= 0.3 is 0 Å². The standard InChI is InChI=1S/C22H25N3O3/c1-16-24-19-7-4-5-8-20(19)25(16)14-6-13-23-22(26)12-10-17-9-11-18(27-2)15-21(17)28-3/h4-5,7-12,15H,6,13-14H2,1-3H3,(H,23,26). The van der Waals surface area contributed by atoms with Crippen molar-refractivity contribution in [3.05, 3.63) is 59.9 Å². The van der Waals surface area contributed by atoms with Gasteiger partial charge in [0.15, 0.2) is 0 Å². The molecule has 0 unspecified atom stereocenters. The van der Waals surface area contributed by atoms with Gasteiger partial charge in [-0.3, -0.25) is 4.79 Å². The normalized spacial score (nSPS) is 11.1. The van der Waals surface area contributed by atoms with Gasteiger partial charge in [-0.2, -0.15) is 0 Å². The Hall–Kier alpha value is -3.28. The number of benzene rings is 2. The first kappa shape index (κ1) is 19.5. The average molecular weight is 379 g/mol. The molecule has 0 radical (unpaired) electrons. The number of methoxy groups -OCH3 is 2. The second-order valence-corrected chi connectivity index (χ2v) is 6.39. The molecule has 3 rings (SSSR count). The summed E-state index contributed by atoms with van der Waals surface area (Å²) >= 11 is 0. The van der Waals surface area contributed by atoms with Crippen molar-refractivity contribution in [1.82, 2.24) is 14.9 Å². The Bertz CT molecular complexity index is 992. The van der Waals surface area contributed by atoms with Gasteiger partial charge in [-0.15, -0.1) is 0 Å². The van der Waals surface area contributed by atoms with Crippen molar-refractivity contribution in [2.75, 3.05) is 20.8 Å². The van der Waals surface area contributed by atoms with Crippen LogP contribution in [0.15, 0.2) is 48.5 Å². The number of amides is 1. The van der Waals surface area contributed by atoms with Crippen LogP contribution in [0.3, 0.4) is 0 Å². The predicted octanol–water partition coefficient (Wildman–Crippen LogP) is 3.58. The summed E-state index contributed by atoms with van der Waals surface area (Å²) in [6.45, 7) is 3.40. The summed E-state index contributed by atoms with van der Waals surface area (Å²) in [5.74, 6) is 2.22. The number of aromatic nitrogens is 2. The summed E-state index contributed by atoms with van der Waals surface area (Å²) in [5.41, 5.74) is 2.94. The number of ether oxygens (including phenoxy) is 2. The van der Waals surface area contributed by atoms with Gasteiger partial charge in [0.2, 0.25) is 5.91 Å². The van der Waals surface area contributed by atoms with Crippen LogP contribution in [0.5, 0.6) is 11.5 Å². The van der Waals surface area contributed by atoms with E-state index in [1.54, 1.807) is 26.4 Å². The first-order valence-corrected chi connectivity index (χ1v) is 9.22. The molecule has 1 amide bonds. The van der Waals surface area contributed by atoms with E-state index in [1.807, 2.05) is 37.3 Å². The Morgan fingerprint density at radius 2 is 2.00 bits per heavy atom. The maximum atomic E-state index is 12.1. The molecule has 0 aliphatic rings. The number of carbonyl (C=O) groups is 1. The highest BCUT2D eigenvalue weighted by molar-refractivity contribution is 5.92. The first-order valence-electron chi connectivity index (χ1n) is 9.22. The molecular weight excluding hydrogens is 354 g/mol. The molecule has 28 heavy (non-hydrogen) atoms. The molecule has 0 atom stereocenters. The molecule has 1 N–H and O–H groups in total. The summed E-state index contributed by atoms with van der Waals surface area (Å²) in [6.07, 6.45) is 4.08. The number of aryl methyl sites for hydroxylation is 2. The number of hydrogen-bond acceptors (Lipinski definition) is 4. The Morgan fingerprint density at radius 1 is 1.18 bits per heavy atom. The van der Waals surface area contributed by atoms with Crippen molar-refractivity contribution in [2.24, 2.45) is 0 Å². The van der Waals surface area contributed by atoms with Crippen LogP contribution in [-0.2, 0) is 11.3 Å². The van der Waals surface area contributed by atoms with E-state index in [4.69, 9.17) is 9.47 Å². The number of rotatable bonds is 8. The number of nitrogens with one attached hydrogen (secondary N) is 1. The lowest BCUT2D eigenvalue weighted by atomic mass is 10.1. The molecule has 3 aromatic rings. The highest BCUT2D eigenvalue weighted by Crippen LogP contribution is 2.25. The van der Waals surface area contributed by atoms with Gasteiger partial charge < -0.3 is 19.4 Å². The number of para-hydroxylation sites is 2. The molecule has 2 aromatic carbocycles. The van der Waals surface area contributed by atoms with Crippen LogP contribution >= 0.6 is 0 Å². The summed E-state index contributed by atoms with van der Waals surface area (Å²) in [4.78, 5) is 16.7. The smallest absolute Gasteiger partial charge is 0.244 e. The second-order valence-electron chi connectivity index (χ2n) is 6.39. The zero-order chi connectivity index (χ0) is 19.9. The minimum Gasteiger partial charge on any atom is -0.497 e. The molecule has 0 bridgehead atoms. The van der Waals surface area contributed by atoms with Gasteiger partial charge in [0.25, 0.3) is 0 Å². The Morgan fingerprint density at radius 3 is 2.79 bits per heavy atom. The van der Waals surface area contributed by atoms with Crippen LogP contribution in [0, 0.1) is 6.92 Å². The van der Waals surface area contributed by atoms with Crippen LogP contribution in [-0.4, -0.2) is 36.2 Å². The van der Waals surface area contributed by atoms with E-state index in [-0.39, 0.29) is 5.91 Å². The van der Waals surface area contributed by atoms with Gasteiger partial charge in [0.1, 0.15) is 17.3 Å². The minimum absolute atomic E-state index is 0.134. The molecule has 0 fully saturated rings. The third-order valence-electron chi connectivity index (χ3n) is 4.56. The van der Waals surface area contributed by atoms with E-state index in [0.717, 1.165) is 35.4 Å². The molecule has 0 saturated heterocycles. The molecule has 146 valence electrons. The lowest BCUT2D eigenvalue weighted by Crippen LogP contribution is -2.23. The molecule has 0 saturated carbocycles. The largest absolute Gasteiger partial charge is 0.497 e. The van der Waals surface area contributed by atoms with Crippen molar-refractivity contribution < 1.29 is 14.3 Å². The van der Waals surface area contributed by atoms with Gasteiger partial charge in [-0.05, 0) is 43.7 Å². The first-order chi connectivity index (χ1) is 13.6. The zero-order valence-corrected chi connectivity index (χ0v) is 16.4. The molecule has 0 spiro atoms. The van der Waals surface area contributed by atoms with Crippen molar-refractivity contribution in [3.63, 3.8) is 0 Å². The van der Waals surface area contributed by atoms with Gasteiger partial charge in [-0.1, -0.05) is 12.1 Å². The predicted molar refractivity (Wildman–Crippen MR) is 111 cm³/mol. The summed E-state index contributed by atoms with van der Waals surface area (Å²) < 4.78 is 12.7. The van der Waals surface area contributed by atoms with Crippen LogP contribution in [0.2, 0.25) is 0 Å². The highest BCUT2D eigenvalue weighted by Gasteiger charge is 2.06. The summed E-state index contributed by atoms with van der Waals surface area (Å²) in [6, 6.07) is 13.6. The quantitative estimate of drug-likeness (QED) is 0.480. The molecular formula is C22H25N3O3. The van der Waals surface area contributed by atoms with Crippen molar-refractivity contribution in [2.45, 2.75) is 19.9 Å². The van der Waals surface area contributed by atoms with Crippen LogP contribution < -0.4 is 14.8 Å². The maximum Gasteiger partial charge on any atom is 0.244 e. The fraction of sp³-hybridized carbons (Fsp3) is 0.273. The van der Waals surface area contributed by atoms with E-state index in [2.05, 4.69) is 20.9 Å². The molecule has 0 aliphatic carbocycles. The van der Waals surface area contributed by atoms with Crippen molar-refractivity contribution in [1.29, 1.82) is 0 Å². The molecule has 1 heterocycles. The van der Waals surface area contributed by atoms with E-state index < -0.39 is 0 Å². The highest BCUT2D eigenvalue weighted by atomic mass is 16.5. The Labute approximate surface area is 164 Å². The fourth-order valence-corrected chi connectivity index (χ4v) is 3.11. The van der Waals surface area contributed by atoms with E-state index in [9.17, 15) is 4.79 Å². The zero-order valence-electron chi connectivity index (χ0n) is 16.4. The second kappa shape index (κ2) is 9.08. The fourth-order valence-electron chi connectivity index (χ4n) is 3.11. The lowest BCUT2D eigenvalue weighted by molar-refractivity contribution is -0.116. The summed E-state index contributed by atoms with van der Waals surface area (Å²) in [7, 11) is 3.19. The van der Waals surface area contributed by atoms with E-state index in [1.165, 1.54) is 6.08 Å². The number of carbonyl (C=O) groups excluding carboxylic acids is 1. The topological polar surface area (TPSA) is 65.4 Å². The van der Waals surface area contributed by atoms with Gasteiger partial charge in [-0.25, -0.2) is 4.98 Å². The van der Waals surface area contributed by atoms with Crippen molar-refractivity contribution >= 4 is 23.0 Å². The third kappa shape index (κ3) is 4.52. The molecule has 1 aromatic heterocycles. The Balaban J connectivity index is 1.52. The van der Waals surface area contributed by atoms with Crippen LogP contribution in [0.4, 0.5) is 0 Å². The number of hydrogen-bond donors (Lipinski definition) is 1. The van der Waals surface area contributed by atoms with Crippen LogP contribution in [0.25, 0.3) is 17.1 Å². The average Bonchev–Trinajstić information content (AvgIpc) is 3.04. The number of fused-ring (bicyclic) bond motifs is 1. The molecule has 0 aliphatic heterocycles. The number of nitrogens with zero attached hydrogens (tertiary/aromatic N) is 2. The summed E-state index contributed by atoms with van der Waals surface area (Å²) in [5, 5.41) is 2.92. The van der Waals surface area contributed by atoms with E-state index in [0.29, 0.717) is 18.0 Å². The number of imidazole rings is 1. The Kier molecular flexibility index (Phi) is 6.32. The van der Waals surface area contributed by atoms with E-state index >= 15 is 0 Å². The maximum absolute atomic E-state index is 12.1. The van der Waals surface area contributed by atoms with Gasteiger partial charge in [0, 0.05) is 30.8 Å². The van der Waals surface area contributed by atoms with Crippen LogP contribution in [0.1, 0.15) is 17.8 Å². The van der Waals surface area contributed by atoms with Crippen molar-refractivity contribution in [3.8, 4) is 11.5 Å². The third-order valence-corrected chi connectivity index (χ3v) is 4.56. The molecule has 6 nitrogen and oxygen atoms in total. The van der Waals surface area contributed by atoms with Gasteiger partial charge in [0.05, 0.1) is 25.3 Å². The monoisotopic (exact) mass is 379 g/mol. The lowest BCUT2D eigenvalue weighted by Gasteiger charge is -2.08. The SMILES string of the molecule is COc1ccc(C=CC(=O)NCCCn2c(C)nc3ccccc32)c(OC)c1. The minimum atomic E-state index is -0.134. The molecule has 6 heteroatoms.